The maximum absolute atomic E-state index is 11.1. The molecule has 1 heterocycles. The van der Waals surface area contributed by atoms with Crippen LogP contribution in [0.15, 0.2) is 54.6 Å². The highest BCUT2D eigenvalue weighted by atomic mass is 32.1. The Morgan fingerprint density at radius 3 is 2.68 bits per heavy atom. The lowest BCUT2D eigenvalue weighted by Crippen LogP contribution is -2.05. The van der Waals surface area contributed by atoms with Crippen LogP contribution in [-0.2, 0) is 4.79 Å². The van der Waals surface area contributed by atoms with Crippen molar-refractivity contribution in [3.63, 3.8) is 0 Å². The first kappa shape index (κ1) is 11.9. The summed E-state index contributed by atoms with van der Waals surface area (Å²) in [6, 6.07) is 18.5. The summed E-state index contributed by atoms with van der Waals surface area (Å²) in [7, 11) is 0. The van der Waals surface area contributed by atoms with Crippen molar-refractivity contribution in [3.8, 4) is 10.4 Å². The SMILES string of the molecule is CC(=O)Nc1cccc(-c2cc3ccccc3s2)c1. The molecule has 0 aliphatic rings. The zero-order valence-corrected chi connectivity index (χ0v) is 11.3. The van der Waals surface area contributed by atoms with Gasteiger partial charge in [0.1, 0.15) is 0 Å². The van der Waals surface area contributed by atoms with Crippen molar-refractivity contribution in [3.05, 3.63) is 54.6 Å². The molecule has 19 heavy (non-hydrogen) atoms. The highest BCUT2D eigenvalue weighted by Gasteiger charge is 2.05. The van der Waals surface area contributed by atoms with Crippen molar-refractivity contribution >= 4 is 33.0 Å². The van der Waals surface area contributed by atoms with Gasteiger partial charge >= 0.3 is 0 Å². The van der Waals surface area contributed by atoms with Gasteiger partial charge in [-0.1, -0.05) is 30.3 Å². The summed E-state index contributed by atoms with van der Waals surface area (Å²) in [4.78, 5) is 12.3. The molecular weight excluding hydrogens is 254 g/mol. The number of benzene rings is 2. The molecule has 94 valence electrons. The van der Waals surface area contributed by atoms with Crippen molar-refractivity contribution in [1.29, 1.82) is 0 Å². The maximum Gasteiger partial charge on any atom is 0.221 e. The van der Waals surface area contributed by atoms with Gasteiger partial charge in [0.2, 0.25) is 5.91 Å². The number of carbonyl (C=O) groups excluding carboxylic acids is 1. The van der Waals surface area contributed by atoms with E-state index in [1.165, 1.54) is 21.9 Å². The number of fused-ring (bicyclic) bond motifs is 1. The summed E-state index contributed by atoms with van der Waals surface area (Å²) in [6.07, 6.45) is 0. The lowest BCUT2D eigenvalue weighted by Gasteiger charge is -2.03. The standard InChI is InChI=1S/C16H13NOS/c1-11(18)17-14-7-4-6-12(9-14)16-10-13-5-2-3-8-15(13)19-16/h2-10H,1H3,(H,17,18). The van der Waals surface area contributed by atoms with Crippen molar-refractivity contribution in [2.75, 3.05) is 5.32 Å². The van der Waals surface area contributed by atoms with Crippen LogP contribution in [0.2, 0.25) is 0 Å². The van der Waals surface area contributed by atoms with E-state index in [0.717, 1.165) is 11.3 Å². The van der Waals surface area contributed by atoms with Gasteiger partial charge in [0.05, 0.1) is 0 Å². The molecule has 0 saturated carbocycles. The summed E-state index contributed by atoms with van der Waals surface area (Å²) >= 11 is 1.77. The fourth-order valence-electron chi connectivity index (χ4n) is 2.08. The van der Waals surface area contributed by atoms with Crippen molar-refractivity contribution in [1.82, 2.24) is 0 Å². The van der Waals surface area contributed by atoms with Gasteiger partial charge in [-0.05, 0) is 35.2 Å². The Balaban J connectivity index is 2.03. The number of anilines is 1. The van der Waals surface area contributed by atoms with Crippen LogP contribution in [0.1, 0.15) is 6.92 Å². The Morgan fingerprint density at radius 1 is 1.05 bits per heavy atom. The molecule has 0 unspecified atom stereocenters. The Kier molecular flexibility index (Phi) is 3.05. The number of hydrogen-bond acceptors (Lipinski definition) is 2. The van der Waals surface area contributed by atoms with E-state index >= 15 is 0 Å². The second kappa shape index (κ2) is 4.86. The third-order valence-corrected chi connectivity index (χ3v) is 4.06. The molecule has 3 heteroatoms. The van der Waals surface area contributed by atoms with Gasteiger partial charge in [-0.2, -0.15) is 0 Å². The number of thiophene rings is 1. The first-order chi connectivity index (χ1) is 9.22. The van der Waals surface area contributed by atoms with E-state index in [1.807, 2.05) is 24.3 Å². The highest BCUT2D eigenvalue weighted by Crippen LogP contribution is 2.34. The molecule has 1 aromatic heterocycles. The summed E-state index contributed by atoms with van der Waals surface area (Å²) < 4.78 is 1.28. The number of carbonyl (C=O) groups is 1. The van der Waals surface area contributed by atoms with Gasteiger partial charge in [-0.25, -0.2) is 0 Å². The lowest BCUT2D eigenvalue weighted by atomic mass is 10.1. The average Bonchev–Trinajstić information content (AvgIpc) is 2.82. The molecule has 0 atom stereocenters. The van der Waals surface area contributed by atoms with E-state index in [-0.39, 0.29) is 5.91 Å². The Morgan fingerprint density at radius 2 is 1.89 bits per heavy atom. The molecule has 0 spiro atoms. The minimum absolute atomic E-state index is 0.0477. The Hall–Kier alpha value is -2.13. The monoisotopic (exact) mass is 267 g/mol. The molecule has 2 aromatic carbocycles. The van der Waals surface area contributed by atoms with Crippen LogP contribution in [0.25, 0.3) is 20.5 Å². The van der Waals surface area contributed by atoms with E-state index in [1.54, 1.807) is 11.3 Å². The van der Waals surface area contributed by atoms with E-state index in [2.05, 4.69) is 35.6 Å². The molecule has 1 amide bonds. The first-order valence-corrected chi connectivity index (χ1v) is 6.90. The van der Waals surface area contributed by atoms with Crippen molar-refractivity contribution in [2.24, 2.45) is 0 Å². The van der Waals surface area contributed by atoms with Crippen molar-refractivity contribution < 1.29 is 4.79 Å². The van der Waals surface area contributed by atoms with E-state index in [9.17, 15) is 4.79 Å². The number of amides is 1. The van der Waals surface area contributed by atoms with Crippen LogP contribution in [0.5, 0.6) is 0 Å². The number of rotatable bonds is 2. The summed E-state index contributed by atoms with van der Waals surface area (Å²) in [5.74, 6) is -0.0477. The lowest BCUT2D eigenvalue weighted by molar-refractivity contribution is -0.114. The van der Waals surface area contributed by atoms with Crippen LogP contribution in [0.3, 0.4) is 0 Å². The maximum atomic E-state index is 11.1. The summed E-state index contributed by atoms with van der Waals surface area (Å²) in [5, 5.41) is 4.07. The summed E-state index contributed by atoms with van der Waals surface area (Å²) in [5.41, 5.74) is 1.97. The van der Waals surface area contributed by atoms with Crippen LogP contribution < -0.4 is 5.32 Å². The Labute approximate surface area is 115 Å². The summed E-state index contributed by atoms with van der Waals surface area (Å²) in [6.45, 7) is 1.52. The molecular formula is C16H13NOS. The third kappa shape index (κ3) is 2.51. The molecule has 0 bridgehead atoms. The van der Waals surface area contributed by atoms with Gasteiger partial charge < -0.3 is 5.32 Å². The van der Waals surface area contributed by atoms with Crippen LogP contribution in [0, 0.1) is 0 Å². The van der Waals surface area contributed by atoms with Crippen LogP contribution in [-0.4, -0.2) is 5.91 Å². The van der Waals surface area contributed by atoms with Gasteiger partial charge in [0, 0.05) is 22.2 Å². The number of hydrogen-bond donors (Lipinski definition) is 1. The molecule has 3 rings (SSSR count). The molecule has 1 N–H and O–H groups in total. The molecule has 0 radical (unpaired) electrons. The van der Waals surface area contributed by atoms with Crippen LogP contribution in [0.4, 0.5) is 5.69 Å². The van der Waals surface area contributed by atoms with E-state index in [0.29, 0.717) is 0 Å². The molecule has 3 aromatic rings. The van der Waals surface area contributed by atoms with Gasteiger partial charge in [-0.15, -0.1) is 11.3 Å². The predicted octanol–water partition coefficient (Wildman–Crippen LogP) is 4.53. The van der Waals surface area contributed by atoms with E-state index < -0.39 is 0 Å². The molecule has 0 fully saturated rings. The highest BCUT2D eigenvalue weighted by molar-refractivity contribution is 7.22. The average molecular weight is 267 g/mol. The topological polar surface area (TPSA) is 29.1 Å². The van der Waals surface area contributed by atoms with Gasteiger partial charge in [0.15, 0.2) is 0 Å². The predicted molar refractivity (Wildman–Crippen MR) is 81.6 cm³/mol. The zero-order valence-electron chi connectivity index (χ0n) is 10.5. The second-order valence-corrected chi connectivity index (χ2v) is 5.49. The minimum atomic E-state index is -0.0477. The first-order valence-electron chi connectivity index (χ1n) is 6.09. The smallest absolute Gasteiger partial charge is 0.221 e. The van der Waals surface area contributed by atoms with Crippen molar-refractivity contribution in [2.45, 2.75) is 6.92 Å². The molecule has 0 saturated heterocycles. The fraction of sp³-hybridized carbons (Fsp3) is 0.0625. The zero-order chi connectivity index (χ0) is 13.2. The quantitative estimate of drug-likeness (QED) is 0.726. The number of nitrogens with one attached hydrogen (secondary N) is 1. The van der Waals surface area contributed by atoms with Gasteiger partial charge in [-0.3, -0.25) is 4.79 Å². The molecule has 0 aliphatic carbocycles. The third-order valence-electron chi connectivity index (χ3n) is 2.89. The Bertz CT molecular complexity index is 712. The van der Waals surface area contributed by atoms with E-state index in [4.69, 9.17) is 0 Å². The normalized spacial score (nSPS) is 10.6. The largest absolute Gasteiger partial charge is 0.326 e. The fourth-order valence-corrected chi connectivity index (χ4v) is 3.14. The molecule has 0 aliphatic heterocycles. The second-order valence-electron chi connectivity index (χ2n) is 4.41. The minimum Gasteiger partial charge on any atom is -0.326 e. The van der Waals surface area contributed by atoms with Crippen LogP contribution >= 0.6 is 11.3 Å². The van der Waals surface area contributed by atoms with Gasteiger partial charge in [0.25, 0.3) is 0 Å². The molecule has 2 nitrogen and oxygen atoms in total.